The van der Waals surface area contributed by atoms with Crippen molar-refractivity contribution < 1.29 is 27.5 Å². The van der Waals surface area contributed by atoms with Gasteiger partial charge in [0, 0.05) is 0 Å². The Bertz CT molecular complexity index is 966. The Balaban J connectivity index is 2.24. The van der Waals surface area contributed by atoms with Gasteiger partial charge in [-0.25, -0.2) is 23.1 Å². The van der Waals surface area contributed by atoms with Crippen LogP contribution in [-0.4, -0.2) is 26.1 Å². The van der Waals surface area contributed by atoms with Gasteiger partial charge >= 0.3 is 12.1 Å². The fourth-order valence-corrected chi connectivity index (χ4v) is 2.72. The lowest BCUT2D eigenvalue weighted by molar-refractivity contribution is 0.00705. The van der Waals surface area contributed by atoms with Gasteiger partial charge in [0.05, 0.1) is 16.1 Å². The van der Waals surface area contributed by atoms with E-state index in [1.54, 1.807) is 32.9 Å². The van der Waals surface area contributed by atoms with Crippen LogP contribution in [0.5, 0.6) is 0 Å². The van der Waals surface area contributed by atoms with Crippen LogP contribution in [-0.2, 0) is 26.1 Å². The predicted molar refractivity (Wildman–Crippen MR) is 103 cm³/mol. The van der Waals surface area contributed by atoms with Crippen LogP contribution in [0, 0.1) is 0 Å². The molecule has 0 aliphatic rings. The van der Waals surface area contributed by atoms with Crippen LogP contribution >= 0.6 is 0 Å². The third kappa shape index (κ3) is 6.36. The first kappa shape index (κ1) is 21.4. The van der Waals surface area contributed by atoms with Crippen LogP contribution < -0.4 is 10.5 Å². The monoisotopic (exact) mass is 406 g/mol. The minimum absolute atomic E-state index is 0.0315. The standard InChI is InChI=1S/C19H22N2O6S/c1-19(2,3)27-17(22)15-11-14(28(20,24)25)9-10-16(15)21-18(23)26-12-13-7-5-4-6-8-13/h4-11H,12H2,1-3H3,(H,21,23)(H2,20,24,25). The lowest BCUT2D eigenvalue weighted by Crippen LogP contribution is -2.25. The third-order valence-electron chi connectivity index (χ3n) is 3.39. The van der Waals surface area contributed by atoms with Crippen LogP contribution in [0.4, 0.5) is 10.5 Å². The second kappa shape index (κ2) is 8.41. The molecule has 1 amide bonds. The van der Waals surface area contributed by atoms with E-state index in [2.05, 4.69) is 5.32 Å². The van der Waals surface area contributed by atoms with E-state index in [9.17, 15) is 18.0 Å². The molecule has 28 heavy (non-hydrogen) atoms. The smallest absolute Gasteiger partial charge is 0.411 e. The third-order valence-corrected chi connectivity index (χ3v) is 4.30. The summed E-state index contributed by atoms with van der Waals surface area (Å²) in [4.78, 5) is 24.3. The van der Waals surface area contributed by atoms with E-state index in [1.165, 1.54) is 12.1 Å². The molecule has 9 heteroatoms. The minimum atomic E-state index is -4.05. The Morgan fingerprint density at radius 2 is 1.71 bits per heavy atom. The van der Waals surface area contributed by atoms with Gasteiger partial charge in [-0.15, -0.1) is 0 Å². The van der Waals surface area contributed by atoms with Gasteiger partial charge in [-0.05, 0) is 44.5 Å². The summed E-state index contributed by atoms with van der Waals surface area (Å²) >= 11 is 0. The molecule has 0 aromatic heterocycles. The normalized spacial score (nSPS) is 11.6. The highest BCUT2D eigenvalue weighted by Gasteiger charge is 2.23. The number of amides is 1. The van der Waals surface area contributed by atoms with Crippen LogP contribution in [0.3, 0.4) is 0 Å². The van der Waals surface area contributed by atoms with E-state index in [-0.39, 0.29) is 22.8 Å². The van der Waals surface area contributed by atoms with Crippen molar-refractivity contribution >= 4 is 27.8 Å². The summed E-state index contributed by atoms with van der Waals surface area (Å²) < 4.78 is 33.6. The number of rotatable bonds is 5. The van der Waals surface area contributed by atoms with Gasteiger partial charge in [0.2, 0.25) is 10.0 Å². The number of esters is 1. The number of benzene rings is 2. The summed E-state index contributed by atoms with van der Waals surface area (Å²) in [6, 6.07) is 12.5. The predicted octanol–water partition coefficient (Wildman–Crippen LogP) is 3.04. The maximum absolute atomic E-state index is 12.5. The summed E-state index contributed by atoms with van der Waals surface area (Å²) in [6.07, 6.45) is -0.808. The average Bonchev–Trinajstić information content (AvgIpc) is 2.58. The number of ether oxygens (including phenoxy) is 2. The Kier molecular flexibility index (Phi) is 6.42. The van der Waals surface area contributed by atoms with Crippen molar-refractivity contribution in [3.05, 3.63) is 59.7 Å². The molecule has 0 radical (unpaired) electrons. The molecule has 3 N–H and O–H groups in total. The van der Waals surface area contributed by atoms with Crippen molar-refractivity contribution in [2.24, 2.45) is 5.14 Å². The van der Waals surface area contributed by atoms with E-state index in [0.717, 1.165) is 11.6 Å². The van der Waals surface area contributed by atoms with Crippen molar-refractivity contribution in [1.29, 1.82) is 0 Å². The lowest BCUT2D eigenvalue weighted by Gasteiger charge is -2.21. The molecule has 0 saturated carbocycles. The minimum Gasteiger partial charge on any atom is -0.456 e. The van der Waals surface area contributed by atoms with Gasteiger partial charge in [-0.1, -0.05) is 30.3 Å². The highest BCUT2D eigenvalue weighted by Crippen LogP contribution is 2.23. The maximum Gasteiger partial charge on any atom is 0.411 e. The molecule has 0 saturated heterocycles. The van der Waals surface area contributed by atoms with Crippen molar-refractivity contribution in [2.45, 2.75) is 37.9 Å². The first-order chi connectivity index (χ1) is 13.0. The zero-order valence-corrected chi connectivity index (χ0v) is 16.6. The molecule has 2 aromatic carbocycles. The number of carbonyl (C=O) groups is 2. The van der Waals surface area contributed by atoms with Crippen molar-refractivity contribution in [1.82, 2.24) is 0 Å². The van der Waals surface area contributed by atoms with Crippen molar-refractivity contribution in [3.8, 4) is 0 Å². The van der Waals surface area contributed by atoms with Crippen molar-refractivity contribution in [3.63, 3.8) is 0 Å². The largest absolute Gasteiger partial charge is 0.456 e. The first-order valence-electron chi connectivity index (χ1n) is 8.33. The molecule has 0 heterocycles. The van der Waals surface area contributed by atoms with E-state index in [1.807, 2.05) is 18.2 Å². The molecule has 0 aliphatic carbocycles. The number of nitrogens with two attached hydrogens (primary N) is 1. The molecule has 0 bridgehead atoms. The molecule has 2 aromatic rings. The Morgan fingerprint density at radius 1 is 1.07 bits per heavy atom. The number of hydrogen-bond donors (Lipinski definition) is 2. The zero-order valence-electron chi connectivity index (χ0n) is 15.8. The van der Waals surface area contributed by atoms with Gasteiger partial charge in [-0.2, -0.15) is 0 Å². The van der Waals surface area contributed by atoms with E-state index >= 15 is 0 Å². The molecule has 0 atom stereocenters. The number of anilines is 1. The highest BCUT2D eigenvalue weighted by atomic mass is 32.2. The summed E-state index contributed by atoms with van der Waals surface area (Å²) in [6.45, 7) is 5.02. The zero-order chi connectivity index (χ0) is 20.9. The molecule has 0 spiro atoms. The summed E-state index contributed by atoms with van der Waals surface area (Å²) in [5.74, 6) is -0.809. The molecular formula is C19H22N2O6S. The average molecular weight is 406 g/mol. The van der Waals surface area contributed by atoms with E-state index in [4.69, 9.17) is 14.6 Å². The van der Waals surface area contributed by atoms with Gasteiger partial charge < -0.3 is 9.47 Å². The Hall–Kier alpha value is -2.91. The first-order valence-corrected chi connectivity index (χ1v) is 9.88. The molecule has 8 nitrogen and oxygen atoms in total. The highest BCUT2D eigenvalue weighted by molar-refractivity contribution is 7.89. The number of sulfonamides is 1. The van der Waals surface area contributed by atoms with Crippen LogP contribution in [0.15, 0.2) is 53.4 Å². The molecule has 0 fully saturated rings. The van der Waals surface area contributed by atoms with Gasteiger partial charge in [-0.3, -0.25) is 5.32 Å². The molecule has 150 valence electrons. The summed E-state index contributed by atoms with van der Waals surface area (Å²) in [5, 5.41) is 7.55. The topological polar surface area (TPSA) is 125 Å². The Labute approximate surface area is 163 Å². The molecular weight excluding hydrogens is 384 g/mol. The second-order valence-corrected chi connectivity index (χ2v) is 8.50. The molecule has 2 rings (SSSR count). The SMILES string of the molecule is CC(C)(C)OC(=O)c1cc(S(N)(=O)=O)ccc1NC(=O)OCc1ccccc1. The number of nitrogens with one attached hydrogen (secondary N) is 1. The molecule has 0 aliphatic heterocycles. The van der Waals surface area contributed by atoms with Gasteiger partial charge in [0.25, 0.3) is 0 Å². The maximum atomic E-state index is 12.5. The van der Waals surface area contributed by atoms with Gasteiger partial charge in [0.1, 0.15) is 12.2 Å². The van der Waals surface area contributed by atoms with Crippen LogP contribution in [0.25, 0.3) is 0 Å². The van der Waals surface area contributed by atoms with Crippen LogP contribution in [0.1, 0.15) is 36.7 Å². The number of primary sulfonamides is 1. The summed E-state index contributed by atoms with van der Waals surface area (Å²) in [5.41, 5.74) is -0.146. The van der Waals surface area contributed by atoms with Gasteiger partial charge in [0.15, 0.2) is 0 Å². The fraction of sp³-hybridized carbons (Fsp3) is 0.263. The number of carbonyl (C=O) groups excluding carboxylic acids is 2. The molecule has 0 unspecified atom stereocenters. The second-order valence-electron chi connectivity index (χ2n) is 6.94. The lowest BCUT2D eigenvalue weighted by atomic mass is 10.1. The summed E-state index contributed by atoms with van der Waals surface area (Å²) in [7, 11) is -4.05. The van der Waals surface area contributed by atoms with Crippen LogP contribution in [0.2, 0.25) is 0 Å². The fourth-order valence-electron chi connectivity index (χ4n) is 2.18. The van der Waals surface area contributed by atoms with E-state index < -0.39 is 27.7 Å². The van der Waals surface area contributed by atoms with E-state index in [0.29, 0.717) is 0 Å². The number of hydrogen-bond acceptors (Lipinski definition) is 6. The quantitative estimate of drug-likeness (QED) is 0.735. The Morgan fingerprint density at radius 3 is 2.29 bits per heavy atom. The van der Waals surface area contributed by atoms with Crippen molar-refractivity contribution in [2.75, 3.05) is 5.32 Å².